The summed E-state index contributed by atoms with van der Waals surface area (Å²) in [6, 6.07) is 3.45. The maximum absolute atomic E-state index is 3.53. The quantitative estimate of drug-likeness (QED) is 0.810. The molecule has 3 atom stereocenters. The van der Waals surface area contributed by atoms with Crippen LogP contribution < -0.4 is 5.32 Å². The van der Waals surface area contributed by atoms with Gasteiger partial charge in [0, 0.05) is 24.2 Å². The van der Waals surface area contributed by atoms with Gasteiger partial charge >= 0.3 is 0 Å². The predicted molar refractivity (Wildman–Crippen MR) is 76.8 cm³/mol. The Labute approximate surface area is 113 Å². The summed E-state index contributed by atoms with van der Waals surface area (Å²) in [4.78, 5) is 2.96. The Hall–Kier alpha value is -0.0800. The molecule has 0 aromatic rings. The van der Waals surface area contributed by atoms with Gasteiger partial charge in [-0.15, -0.1) is 0 Å². The van der Waals surface area contributed by atoms with Crippen molar-refractivity contribution < 1.29 is 0 Å². The molecule has 0 aromatic heterocycles. The van der Waals surface area contributed by atoms with E-state index in [1.807, 2.05) is 0 Å². The lowest BCUT2D eigenvalue weighted by Gasteiger charge is -2.52. The number of piperidine rings is 2. The van der Waals surface area contributed by atoms with Crippen LogP contribution in [0, 0.1) is 5.41 Å². The Morgan fingerprint density at radius 3 is 2.17 bits per heavy atom. The fourth-order valence-corrected chi connectivity index (χ4v) is 4.90. The molecule has 18 heavy (non-hydrogen) atoms. The minimum Gasteiger partial charge on any atom is -0.317 e. The molecule has 0 amide bonds. The first-order chi connectivity index (χ1) is 8.59. The van der Waals surface area contributed by atoms with Gasteiger partial charge in [-0.05, 0) is 57.4 Å². The smallest absolute Gasteiger partial charge is 0.0116 e. The van der Waals surface area contributed by atoms with Gasteiger partial charge in [-0.25, -0.2) is 0 Å². The SMILES string of the molecule is CNC1CC2CCCC(C1)N2C1CCC(C)(C)C1. The molecule has 3 fully saturated rings. The van der Waals surface area contributed by atoms with Crippen molar-refractivity contribution in [2.45, 2.75) is 89.4 Å². The first-order valence-electron chi connectivity index (χ1n) is 8.04. The second-order valence-electron chi connectivity index (χ2n) is 7.70. The molecule has 1 aliphatic carbocycles. The Morgan fingerprint density at radius 1 is 1.00 bits per heavy atom. The second-order valence-corrected chi connectivity index (χ2v) is 7.70. The molecule has 3 unspecified atom stereocenters. The zero-order valence-electron chi connectivity index (χ0n) is 12.4. The summed E-state index contributed by atoms with van der Waals surface area (Å²) in [6.07, 6.45) is 11.5. The van der Waals surface area contributed by atoms with Crippen LogP contribution in [0.15, 0.2) is 0 Å². The maximum atomic E-state index is 3.53. The number of nitrogens with zero attached hydrogens (tertiary/aromatic N) is 1. The van der Waals surface area contributed by atoms with Crippen molar-refractivity contribution in [3.8, 4) is 0 Å². The Bertz CT molecular complexity index is 285. The van der Waals surface area contributed by atoms with Gasteiger partial charge < -0.3 is 5.32 Å². The van der Waals surface area contributed by atoms with Crippen molar-refractivity contribution in [2.24, 2.45) is 5.41 Å². The molecule has 3 aliphatic rings. The van der Waals surface area contributed by atoms with Gasteiger partial charge in [0.15, 0.2) is 0 Å². The Kier molecular flexibility index (Phi) is 3.44. The molecule has 2 heterocycles. The molecule has 3 rings (SSSR count). The molecule has 1 N–H and O–H groups in total. The summed E-state index contributed by atoms with van der Waals surface area (Å²) in [7, 11) is 2.15. The first-order valence-corrected chi connectivity index (χ1v) is 8.04. The van der Waals surface area contributed by atoms with Crippen molar-refractivity contribution in [3.63, 3.8) is 0 Å². The fourth-order valence-electron chi connectivity index (χ4n) is 4.90. The van der Waals surface area contributed by atoms with Crippen molar-refractivity contribution in [1.82, 2.24) is 10.2 Å². The number of fused-ring (bicyclic) bond motifs is 2. The molecule has 0 radical (unpaired) electrons. The maximum Gasteiger partial charge on any atom is 0.0116 e. The molecule has 2 nitrogen and oxygen atoms in total. The van der Waals surface area contributed by atoms with Crippen LogP contribution in [0.25, 0.3) is 0 Å². The van der Waals surface area contributed by atoms with E-state index in [2.05, 4.69) is 31.1 Å². The lowest BCUT2D eigenvalue weighted by Crippen LogP contribution is -2.58. The van der Waals surface area contributed by atoms with Crippen LogP contribution >= 0.6 is 0 Å². The lowest BCUT2D eigenvalue weighted by atomic mass is 9.80. The number of hydrogen-bond donors (Lipinski definition) is 1. The largest absolute Gasteiger partial charge is 0.317 e. The number of nitrogens with one attached hydrogen (secondary N) is 1. The summed E-state index contributed by atoms with van der Waals surface area (Å²) in [5.74, 6) is 0. The molecule has 2 bridgehead atoms. The third-order valence-corrected chi connectivity index (χ3v) is 5.80. The van der Waals surface area contributed by atoms with E-state index < -0.39 is 0 Å². The molecule has 2 aliphatic heterocycles. The van der Waals surface area contributed by atoms with Crippen LogP contribution in [0.3, 0.4) is 0 Å². The minimum atomic E-state index is 0.596. The Morgan fingerprint density at radius 2 is 1.67 bits per heavy atom. The first kappa shape index (κ1) is 12.9. The predicted octanol–water partition coefficient (Wildman–Crippen LogP) is 3.17. The minimum absolute atomic E-state index is 0.596. The highest BCUT2D eigenvalue weighted by Crippen LogP contribution is 2.45. The van der Waals surface area contributed by atoms with Crippen LogP contribution in [0.1, 0.15) is 65.2 Å². The third kappa shape index (κ3) is 2.34. The zero-order valence-corrected chi connectivity index (χ0v) is 12.4. The van der Waals surface area contributed by atoms with Crippen LogP contribution in [0.2, 0.25) is 0 Å². The molecule has 1 saturated carbocycles. The highest BCUT2D eigenvalue weighted by molar-refractivity contribution is 5.00. The molecule has 0 spiro atoms. The van der Waals surface area contributed by atoms with E-state index >= 15 is 0 Å². The van der Waals surface area contributed by atoms with E-state index in [1.165, 1.54) is 51.4 Å². The normalized spacial score (nSPS) is 44.2. The zero-order chi connectivity index (χ0) is 12.8. The molecular formula is C16H30N2. The fraction of sp³-hybridized carbons (Fsp3) is 1.00. The second kappa shape index (κ2) is 4.79. The van der Waals surface area contributed by atoms with E-state index in [9.17, 15) is 0 Å². The van der Waals surface area contributed by atoms with E-state index in [-0.39, 0.29) is 0 Å². The van der Waals surface area contributed by atoms with Crippen molar-refractivity contribution in [1.29, 1.82) is 0 Å². The highest BCUT2D eigenvalue weighted by Gasteiger charge is 2.44. The molecular weight excluding hydrogens is 220 g/mol. The topological polar surface area (TPSA) is 15.3 Å². The van der Waals surface area contributed by atoms with Gasteiger partial charge in [0.05, 0.1) is 0 Å². The lowest BCUT2D eigenvalue weighted by molar-refractivity contribution is -0.0105. The van der Waals surface area contributed by atoms with Gasteiger partial charge in [0.2, 0.25) is 0 Å². The molecule has 0 aromatic carbocycles. The number of hydrogen-bond acceptors (Lipinski definition) is 2. The van der Waals surface area contributed by atoms with Crippen LogP contribution in [-0.2, 0) is 0 Å². The molecule has 2 heteroatoms. The van der Waals surface area contributed by atoms with Crippen LogP contribution in [-0.4, -0.2) is 36.1 Å². The Balaban J connectivity index is 1.72. The van der Waals surface area contributed by atoms with E-state index in [0.29, 0.717) is 5.41 Å². The van der Waals surface area contributed by atoms with Gasteiger partial charge in [0.1, 0.15) is 0 Å². The highest BCUT2D eigenvalue weighted by atomic mass is 15.2. The monoisotopic (exact) mass is 250 g/mol. The summed E-state index contributed by atoms with van der Waals surface area (Å²) >= 11 is 0. The standard InChI is InChI=1S/C16H30N2/c1-16(2)8-7-15(11-16)18-13-5-4-6-14(18)10-12(9-13)17-3/h12-15,17H,4-11H2,1-3H3. The van der Waals surface area contributed by atoms with Crippen molar-refractivity contribution >= 4 is 0 Å². The summed E-state index contributed by atoms with van der Waals surface area (Å²) < 4.78 is 0. The summed E-state index contributed by atoms with van der Waals surface area (Å²) in [5.41, 5.74) is 0.596. The summed E-state index contributed by atoms with van der Waals surface area (Å²) in [6.45, 7) is 4.92. The summed E-state index contributed by atoms with van der Waals surface area (Å²) in [5, 5.41) is 3.53. The molecule has 104 valence electrons. The average Bonchev–Trinajstić information content (AvgIpc) is 2.67. The van der Waals surface area contributed by atoms with Gasteiger partial charge in [0.25, 0.3) is 0 Å². The average molecular weight is 250 g/mol. The van der Waals surface area contributed by atoms with E-state index in [1.54, 1.807) is 0 Å². The van der Waals surface area contributed by atoms with E-state index in [4.69, 9.17) is 0 Å². The van der Waals surface area contributed by atoms with Crippen LogP contribution in [0.5, 0.6) is 0 Å². The number of rotatable bonds is 2. The van der Waals surface area contributed by atoms with Gasteiger partial charge in [-0.2, -0.15) is 0 Å². The molecule has 2 saturated heterocycles. The van der Waals surface area contributed by atoms with Crippen molar-refractivity contribution in [2.75, 3.05) is 7.05 Å². The van der Waals surface area contributed by atoms with Gasteiger partial charge in [-0.1, -0.05) is 20.3 Å². The van der Waals surface area contributed by atoms with Gasteiger partial charge in [-0.3, -0.25) is 4.90 Å². The van der Waals surface area contributed by atoms with E-state index in [0.717, 1.165) is 24.2 Å². The van der Waals surface area contributed by atoms with Crippen LogP contribution in [0.4, 0.5) is 0 Å². The third-order valence-electron chi connectivity index (χ3n) is 5.80. The van der Waals surface area contributed by atoms with Crippen molar-refractivity contribution in [3.05, 3.63) is 0 Å².